The fourth-order valence-electron chi connectivity index (χ4n) is 2.58. The molecule has 0 aliphatic rings. The van der Waals surface area contributed by atoms with Gasteiger partial charge < -0.3 is 15.4 Å². The summed E-state index contributed by atoms with van der Waals surface area (Å²) in [5.41, 5.74) is 1.09. The maximum atomic E-state index is 12.6. The van der Waals surface area contributed by atoms with Crippen molar-refractivity contribution in [1.82, 2.24) is 4.90 Å². The Hall–Kier alpha value is -2.28. The summed E-state index contributed by atoms with van der Waals surface area (Å²) in [5.74, 6) is 0.217. The van der Waals surface area contributed by atoms with Gasteiger partial charge in [0, 0.05) is 10.7 Å². The minimum atomic E-state index is -0.540. The Morgan fingerprint density at radius 1 is 1.11 bits per heavy atom. The lowest BCUT2D eigenvalue weighted by Crippen LogP contribution is -2.45. The first-order valence-corrected chi connectivity index (χ1v) is 9.53. The number of nitrogens with zero attached hydrogens (tertiary/aromatic N) is 1. The molecule has 1 unspecified atom stereocenters. The highest BCUT2D eigenvalue weighted by Crippen LogP contribution is 2.25. The van der Waals surface area contributed by atoms with Gasteiger partial charge in [-0.3, -0.25) is 14.5 Å². The summed E-state index contributed by atoms with van der Waals surface area (Å²) in [6.45, 7) is 4.21. The Labute approximate surface area is 174 Å². The summed E-state index contributed by atoms with van der Waals surface area (Å²) in [7, 11) is 1.58. The molecule has 2 N–H and O–H groups in total. The molecule has 0 aliphatic heterocycles. The first-order chi connectivity index (χ1) is 13.3. The first-order valence-electron chi connectivity index (χ1n) is 8.78. The molecule has 1 atom stereocenters. The van der Waals surface area contributed by atoms with Crippen LogP contribution in [0.4, 0.5) is 11.4 Å². The second kappa shape index (κ2) is 10.3. The van der Waals surface area contributed by atoms with E-state index in [1.54, 1.807) is 61.4 Å². The third-order valence-electron chi connectivity index (χ3n) is 4.24. The molecule has 0 heterocycles. The SMILES string of the molecule is CCN(CC(=O)Nc1ccc(OC)cc1)C(C)C(=O)Nc1cc(Cl)ccc1Cl. The molecule has 6 nitrogen and oxygen atoms in total. The standard InChI is InChI=1S/C20H23Cl2N3O3/c1-4-25(12-19(26)23-15-6-8-16(28-3)9-7-15)13(2)20(27)24-18-11-14(21)5-10-17(18)22/h5-11,13H,4,12H2,1-3H3,(H,23,26)(H,24,27). The van der Waals surface area contributed by atoms with Crippen LogP contribution in [0, 0.1) is 0 Å². The molecular weight excluding hydrogens is 401 g/mol. The molecule has 2 amide bonds. The van der Waals surface area contributed by atoms with Crippen molar-refractivity contribution in [2.75, 3.05) is 30.8 Å². The summed E-state index contributed by atoms with van der Waals surface area (Å²) in [4.78, 5) is 26.7. The van der Waals surface area contributed by atoms with Crippen molar-refractivity contribution < 1.29 is 14.3 Å². The van der Waals surface area contributed by atoms with Crippen LogP contribution >= 0.6 is 23.2 Å². The predicted octanol–water partition coefficient (Wildman–Crippen LogP) is 4.29. The van der Waals surface area contributed by atoms with E-state index >= 15 is 0 Å². The first kappa shape index (κ1) is 22.0. The highest BCUT2D eigenvalue weighted by molar-refractivity contribution is 6.35. The quantitative estimate of drug-likeness (QED) is 0.664. The van der Waals surface area contributed by atoms with Crippen LogP contribution in [0.15, 0.2) is 42.5 Å². The maximum Gasteiger partial charge on any atom is 0.241 e. The zero-order valence-corrected chi connectivity index (χ0v) is 17.5. The van der Waals surface area contributed by atoms with Crippen molar-refractivity contribution in [3.8, 4) is 5.75 Å². The van der Waals surface area contributed by atoms with E-state index in [0.717, 1.165) is 0 Å². The molecular formula is C20H23Cl2N3O3. The number of ether oxygens (including phenoxy) is 1. The molecule has 0 fully saturated rings. The molecule has 28 heavy (non-hydrogen) atoms. The molecule has 8 heteroatoms. The number of likely N-dealkylation sites (N-methyl/N-ethyl adjacent to an activating group) is 1. The van der Waals surface area contributed by atoms with Gasteiger partial charge in [-0.25, -0.2) is 0 Å². The Bertz CT molecular complexity index is 828. The van der Waals surface area contributed by atoms with Crippen molar-refractivity contribution in [1.29, 1.82) is 0 Å². The molecule has 0 aliphatic carbocycles. The fraction of sp³-hybridized carbons (Fsp3) is 0.300. The van der Waals surface area contributed by atoms with Gasteiger partial charge in [-0.2, -0.15) is 0 Å². The normalized spacial score (nSPS) is 11.8. The molecule has 2 rings (SSSR count). The average Bonchev–Trinajstić information content (AvgIpc) is 2.68. The van der Waals surface area contributed by atoms with Crippen molar-refractivity contribution in [2.24, 2.45) is 0 Å². The molecule has 0 saturated heterocycles. The van der Waals surface area contributed by atoms with Gasteiger partial charge in [-0.05, 0) is 55.9 Å². The number of halogens is 2. The zero-order valence-electron chi connectivity index (χ0n) is 16.0. The molecule has 150 valence electrons. The summed E-state index contributed by atoms with van der Waals surface area (Å²) in [6, 6.07) is 11.3. The fourth-order valence-corrected chi connectivity index (χ4v) is 2.92. The lowest BCUT2D eigenvalue weighted by Gasteiger charge is -2.26. The monoisotopic (exact) mass is 423 g/mol. The van der Waals surface area contributed by atoms with Gasteiger partial charge in [-0.1, -0.05) is 30.1 Å². The number of hydrogen-bond acceptors (Lipinski definition) is 4. The smallest absolute Gasteiger partial charge is 0.241 e. The van der Waals surface area contributed by atoms with Gasteiger partial charge in [0.2, 0.25) is 11.8 Å². The number of carbonyl (C=O) groups is 2. The number of nitrogens with one attached hydrogen (secondary N) is 2. The van der Waals surface area contributed by atoms with E-state index in [1.165, 1.54) is 0 Å². The van der Waals surface area contributed by atoms with Crippen LogP contribution in [0.5, 0.6) is 5.75 Å². The lowest BCUT2D eigenvalue weighted by atomic mass is 10.2. The second-order valence-corrected chi connectivity index (χ2v) is 6.97. The number of anilines is 2. The van der Waals surface area contributed by atoms with Crippen LogP contribution in [0.1, 0.15) is 13.8 Å². The predicted molar refractivity (Wildman–Crippen MR) is 113 cm³/mol. The number of benzene rings is 2. The van der Waals surface area contributed by atoms with E-state index < -0.39 is 6.04 Å². The highest BCUT2D eigenvalue weighted by Gasteiger charge is 2.23. The second-order valence-electron chi connectivity index (χ2n) is 6.13. The van der Waals surface area contributed by atoms with Gasteiger partial charge in [0.25, 0.3) is 0 Å². The van der Waals surface area contributed by atoms with Crippen LogP contribution in [0.3, 0.4) is 0 Å². The van der Waals surface area contributed by atoms with Gasteiger partial charge in [0.15, 0.2) is 0 Å². The van der Waals surface area contributed by atoms with Crippen LogP contribution in [0.2, 0.25) is 10.0 Å². The number of hydrogen-bond donors (Lipinski definition) is 2. The molecule has 0 saturated carbocycles. The topological polar surface area (TPSA) is 70.7 Å². The van der Waals surface area contributed by atoms with Gasteiger partial charge in [-0.15, -0.1) is 0 Å². The average molecular weight is 424 g/mol. The third-order valence-corrected chi connectivity index (χ3v) is 4.80. The Morgan fingerprint density at radius 3 is 2.39 bits per heavy atom. The summed E-state index contributed by atoms with van der Waals surface area (Å²) in [6.07, 6.45) is 0. The molecule has 0 radical (unpaired) electrons. The van der Waals surface area contributed by atoms with Crippen molar-refractivity contribution >= 4 is 46.4 Å². The van der Waals surface area contributed by atoms with Gasteiger partial charge in [0.05, 0.1) is 30.4 Å². The summed E-state index contributed by atoms with van der Waals surface area (Å²) in [5, 5.41) is 6.43. The van der Waals surface area contributed by atoms with Crippen LogP contribution in [-0.4, -0.2) is 43.0 Å². The van der Waals surface area contributed by atoms with E-state index in [0.29, 0.717) is 33.7 Å². The Balaban J connectivity index is 1.97. The Morgan fingerprint density at radius 2 is 1.79 bits per heavy atom. The summed E-state index contributed by atoms with van der Waals surface area (Å²) >= 11 is 12.0. The van der Waals surface area contributed by atoms with E-state index in [1.807, 2.05) is 6.92 Å². The largest absolute Gasteiger partial charge is 0.497 e. The zero-order chi connectivity index (χ0) is 20.7. The van der Waals surface area contributed by atoms with E-state index in [-0.39, 0.29) is 18.4 Å². The molecule has 2 aromatic carbocycles. The molecule has 0 aromatic heterocycles. The van der Waals surface area contributed by atoms with Crippen LogP contribution in [0.25, 0.3) is 0 Å². The molecule has 0 bridgehead atoms. The highest BCUT2D eigenvalue weighted by atomic mass is 35.5. The van der Waals surface area contributed by atoms with Crippen LogP contribution < -0.4 is 15.4 Å². The summed E-state index contributed by atoms with van der Waals surface area (Å²) < 4.78 is 5.10. The maximum absolute atomic E-state index is 12.6. The molecule has 2 aromatic rings. The number of carbonyl (C=O) groups excluding carboxylic acids is 2. The van der Waals surface area contributed by atoms with Gasteiger partial charge >= 0.3 is 0 Å². The lowest BCUT2D eigenvalue weighted by molar-refractivity contribution is -0.123. The van der Waals surface area contributed by atoms with E-state index in [2.05, 4.69) is 10.6 Å². The number of rotatable bonds is 8. The van der Waals surface area contributed by atoms with Crippen LogP contribution in [-0.2, 0) is 9.59 Å². The van der Waals surface area contributed by atoms with Crippen molar-refractivity contribution in [2.45, 2.75) is 19.9 Å². The van der Waals surface area contributed by atoms with E-state index in [9.17, 15) is 9.59 Å². The van der Waals surface area contributed by atoms with Crippen molar-refractivity contribution in [3.05, 3.63) is 52.5 Å². The van der Waals surface area contributed by atoms with E-state index in [4.69, 9.17) is 27.9 Å². The minimum absolute atomic E-state index is 0.0698. The Kier molecular flexibility index (Phi) is 8.11. The molecule has 0 spiro atoms. The minimum Gasteiger partial charge on any atom is -0.497 e. The van der Waals surface area contributed by atoms with Crippen molar-refractivity contribution in [3.63, 3.8) is 0 Å². The van der Waals surface area contributed by atoms with Gasteiger partial charge in [0.1, 0.15) is 5.75 Å². The third kappa shape index (κ3) is 6.12. The number of methoxy groups -OCH3 is 1. The number of amides is 2.